The second-order valence-electron chi connectivity index (χ2n) is 4.66. The predicted molar refractivity (Wildman–Crippen MR) is 70.8 cm³/mol. The highest BCUT2D eigenvalue weighted by molar-refractivity contribution is 6.23. The third-order valence-corrected chi connectivity index (χ3v) is 3.31. The molecule has 2 rings (SSSR count). The molecule has 5 heteroatoms. The van der Waals surface area contributed by atoms with E-state index in [9.17, 15) is 9.59 Å². The van der Waals surface area contributed by atoms with Crippen molar-refractivity contribution in [2.45, 2.75) is 19.4 Å². The van der Waals surface area contributed by atoms with Crippen LogP contribution in [0.2, 0.25) is 0 Å². The molecule has 1 aromatic carbocycles. The second kappa shape index (κ2) is 4.61. The van der Waals surface area contributed by atoms with Gasteiger partial charge in [0.15, 0.2) is 0 Å². The average Bonchev–Trinajstić information content (AvgIpc) is 2.52. The van der Waals surface area contributed by atoms with Gasteiger partial charge in [0, 0.05) is 12.4 Å². The van der Waals surface area contributed by atoms with Crippen LogP contribution in [0.1, 0.15) is 13.8 Å². The number of carbonyl (C=O) groups excluding carboxylic acids is 2. The fourth-order valence-electron chi connectivity index (χ4n) is 2.10. The zero-order valence-corrected chi connectivity index (χ0v) is 11.1. The lowest BCUT2D eigenvalue weighted by Gasteiger charge is -2.26. The molecule has 0 unspecified atom stereocenters. The van der Waals surface area contributed by atoms with Gasteiger partial charge < -0.3 is 4.90 Å². The minimum absolute atomic E-state index is 0.219. The first-order valence-corrected chi connectivity index (χ1v) is 6.30. The van der Waals surface area contributed by atoms with Crippen LogP contribution in [-0.2, 0) is 4.79 Å². The maximum atomic E-state index is 12.3. The van der Waals surface area contributed by atoms with E-state index in [0.717, 1.165) is 0 Å². The van der Waals surface area contributed by atoms with Gasteiger partial charge in [-0.1, -0.05) is 18.2 Å². The zero-order valence-electron chi connectivity index (χ0n) is 10.4. The van der Waals surface area contributed by atoms with E-state index < -0.39 is 5.54 Å². The Morgan fingerprint density at radius 3 is 2.33 bits per heavy atom. The van der Waals surface area contributed by atoms with Crippen molar-refractivity contribution in [3.05, 3.63) is 30.3 Å². The maximum absolute atomic E-state index is 12.3. The molecule has 96 valence electrons. The summed E-state index contributed by atoms with van der Waals surface area (Å²) in [5.74, 6) is 0.0919. The number of halogens is 1. The van der Waals surface area contributed by atoms with Gasteiger partial charge in [0.05, 0.1) is 5.69 Å². The molecular weight excluding hydrogens is 252 g/mol. The van der Waals surface area contributed by atoms with Crippen LogP contribution in [0, 0.1) is 0 Å². The lowest BCUT2D eigenvalue weighted by atomic mass is 10.0. The quantitative estimate of drug-likeness (QED) is 0.623. The molecule has 0 aromatic heterocycles. The molecule has 1 aliphatic heterocycles. The summed E-state index contributed by atoms with van der Waals surface area (Å²) in [5.41, 5.74) is -0.250. The molecule has 0 bridgehead atoms. The molecule has 0 aliphatic carbocycles. The van der Waals surface area contributed by atoms with Crippen LogP contribution in [0.25, 0.3) is 0 Å². The summed E-state index contributed by atoms with van der Waals surface area (Å²) in [6, 6.07) is 8.62. The molecule has 0 atom stereocenters. The number of hydrogen-bond acceptors (Lipinski definition) is 2. The highest BCUT2D eigenvalue weighted by Gasteiger charge is 2.51. The van der Waals surface area contributed by atoms with Crippen LogP contribution in [-0.4, -0.2) is 34.8 Å². The lowest BCUT2D eigenvalue weighted by Crippen LogP contribution is -2.45. The number of alkyl halides is 1. The minimum Gasteiger partial charge on any atom is -0.309 e. The van der Waals surface area contributed by atoms with Gasteiger partial charge in [-0.2, -0.15) is 0 Å². The summed E-state index contributed by atoms with van der Waals surface area (Å²) in [6.07, 6.45) is 0. The van der Waals surface area contributed by atoms with Gasteiger partial charge in [0.1, 0.15) is 5.54 Å². The number of para-hydroxylation sites is 1. The van der Waals surface area contributed by atoms with Crippen LogP contribution >= 0.6 is 11.6 Å². The highest BCUT2D eigenvalue weighted by Crippen LogP contribution is 2.31. The smallest absolute Gasteiger partial charge is 0.309 e. The number of urea groups is 1. The molecule has 1 aliphatic rings. The Labute approximate surface area is 111 Å². The molecule has 3 amide bonds. The standard InChI is InChI=1S/C13H15ClN2O2/c1-13(2)11(17)16(10-6-4-3-5-7-10)12(18)15(13)9-8-14/h3-7H,8-9H2,1-2H3. The average molecular weight is 267 g/mol. The molecule has 0 spiro atoms. The number of rotatable bonds is 3. The molecule has 0 saturated carbocycles. The van der Waals surface area contributed by atoms with E-state index in [-0.39, 0.29) is 11.9 Å². The summed E-state index contributed by atoms with van der Waals surface area (Å²) in [4.78, 5) is 27.4. The molecule has 0 radical (unpaired) electrons. The normalized spacial score (nSPS) is 18.6. The van der Waals surface area contributed by atoms with Crippen LogP contribution in [0.4, 0.5) is 10.5 Å². The summed E-state index contributed by atoms with van der Waals surface area (Å²) in [5, 5.41) is 0. The van der Waals surface area contributed by atoms with Crippen molar-refractivity contribution >= 4 is 29.2 Å². The molecular formula is C13H15ClN2O2. The van der Waals surface area contributed by atoms with Gasteiger partial charge in [0.2, 0.25) is 0 Å². The molecule has 1 fully saturated rings. The SMILES string of the molecule is CC1(C)C(=O)N(c2ccccc2)C(=O)N1CCCl. The molecule has 1 heterocycles. The Morgan fingerprint density at radius 1 is 1.17 bits per heavy atom. The first-order chi connectivity index (χ1) is 8.50. The van der Waals surface area contributed by atoms with Crippen molar-refractivity contribution in [2.75, 3.05) is 17.3 Å². The van der Waals surface area contributed by atoms with Crippen LogP contribution in [0.15, 0.2) is 30.3 Å². The number of benzene rings is 1. The number of hydrogen-bond donors (Lipinski definition) is 0. The fraction of sp³-hybridized carbons (Fsp3) is 0.385. The zero-order chi connectivity index (χ0) is 13.3. The first kappa shape index (κ1) is 12.9. The third-order valence-electron chi connectivity index (χ3n) is 3.15. The van der Waals surface area contributed by atoms with Crippen molar-refractivity contribution in [2.24, 2.45) is 0 Å². The monoisotopic (exact) mass is 266 g/mol. The van der Waals surface area contributed by atoms with Crippen LogP contribution < -0.4 is 4.90 Å². The molecule has 18 heavy (non-hydrogen) atoms. The Kier molecular flexibility index (Phi) is 3.30. The van der Waals surface area contributed by atoms with Gasteiger partial charge in [-0.05, 0) is 26.0 Å². The number of amides is 3. The minimum atomic E-state index is -0.845. The second-order valence-corrected chi connectivity index (χ2v) is 5.04. The van der Waals surface area contributed by atoms with E-state index >= 15 is 0 Å². The third kappa shape index (κ3) is 1.86. The van der Waals surface area contributed by atoms with Crippen molar-refractivity contribution in [3.8, 4) is 0 Å². The topological polar surface area (TPSA) is 40.6 Å². The fourth-order valence-corrected chi connectivity index (χ4v) is 2.27. The number of nitrogens with zero attached hydrogens (tertiary/aromatic N) is 2. The summed E-state index contributed by atoms with van der Waals surface area (Å²) in [7, 11) is 0. The van der Waals surface area contributed by atoms with Crippen LogP contribution in [0.5, 0.6) is 0 Å². The number of carbonyl (C=O) groups is 2. The summed E-state index contributed by atoms with van der Waals surface area (Å²) < 4.78 is 0. The Balaban J connectivity index is 2.40. The summed E-state index contributed by atoms with van der Waals surface area (Å²) in [6.45, 7) is 3.84. The van der Waals surface area contributed by atoms with Crippen molar-refractivity contribution in [3.63, 3.8) is 0 Å². The Hall–Kier alpha value is -1.55. The Bertz CT molecular complexity index is 473. The molecule has 0 N–H and O–H groups in total. The predicted octanol–water partition coefficient (Wildman–Crippen LogP) is 2.47. The van der Waals surface area contributed by atoms with E-state index in [1.807, 2.05) is 6.07 Å². The van der Waals surface area contributed by atoms with Gasteiger partial charge in [-0.3, -0.25) is 4.79 Å². The van der Waals surface area contributed by atoms with Crippen molar-refractivity contribution in [1.29, 1.82) is 0 Å². The van der Waals surface area contributed by atoms with E-state index in [1.54, 1.807) is 38.1 Å². The van der Waals surface area contributed by atoms with Gasteiger partial charge in [-0.15, -0.1) is 11.6 Å². The van der Waals surface area contributed by atoms with Gasteiger partial charge in [0.25, 0.3) is 5.91 Å². The highest BCUT2D eigenvalue weighted by atomic mass is 35.5. The lowest BCUT2D eigenvalue weighted by molar-refractivity contribution is -0.123. The van der Waals surface area contributed by atoms with Crippen molar-refractivity contribution in [1.82, 2.24) is 4.90 Å². The largest absolute Gasteiger partial charge is 0.332 e. The van der Waals surface area contributed by atoms with E-state index in [4.69, 9.17) is 11.6 Å². The van der Waals surface area contributed by atoms with E-state index in [0.29, 0.717) is 18.1 Å². The number of imide groups is 1. The Morgan fingerprint density at radius 2 is 1.78 bits per heavy atom. The molecule has 1 saturated heterocycles. The first-order valence-electron chi connectivity index (χ1n) is 5.77. The van der Waals surface area contributed by atoms with Gasteiger partial charge in [-0.25, -0.2) is 9.69 Å². The van der Waals surface area contributed by atoms with Crippen LogP contribution in [0.3, 0.4) is 0 Å². The van der Waals surface area contributed by atoms with E-state index in [1.165, 1.54) is 9.80 Å². The van der Waals surface area contributed by atoms with E-state index in [2.05, 4.69) is 0 Å². The number of anilines is 1. The van der Waals surface area contributed by atoms with Gasteiger partial charge >= 0.3 is 6.03 Å². The molecule has 4 nitrogen and oxygen atoms in total. The maximum Gasteiger partial charge on any atom is 0.332 e. The summed E-state index contributed by atoms with van der Waals surface area (Å²) >= 11 is 5.69. The molecule has 1 aromatic rings. The van der Waals surface area contributed by atoms with Crippen molar-refractivity contribution < 1.29 is 9.59 Å².